The van der Waals surface area contributed by atoms with Crippen molar-refractivity contribution in [1.29, 1.82) is 0 Å². The average Bonchev–Trinajstić information content (AvgIpc) is 2.54. The molecule has 0 unspecified atom stereocenters. The van der Waals surface area contributed by atoms with E-state index >= 15 is 0 Å². The molecule has 1 aromatic heterocycles. The Balaban J connectivity index is 2.37. The lowest BCUT2D eigenvalue weighted by atomic mass is 10.1. The van der Waals surface area contributed by atoms with Crippen molar-refractivity contribution in [3.63, 3.8) is 0 Å². The number of esters is 1. The molecule has 1 aliphatic rings. The van der Waals surface area contributed by atoms with Gasteiger partial charge in [-0.1, -0.05) is 0 Å². The average molecular weight is 227 g/mol. The molecule has 1 aliphatic heterocycles. The highest BCUT2D eigenvalue weighted by Gasteiger charge is 2.25. The Morgan fingerprint density at radius 2 is 2.47 bits per heavy atom. The van der Waals surface area contributed by atoms with E-state index < -0.39 is 0 Å². The predicted octanol–water partition coefficient (Wildman–Crippen LogP) is 1.58. The first kappa shape index (κ1) is 10.4. The number of ether oxygens (including phenoxy) is 2. The molecule has 0 saturated heterocycles. The minimum atomic E-state index is -0.311. The van der Waals surface area contributed by atoms with Crippen LogP contribution in [-0.2, 0) is 22.5 Å². The lowest BCUT2D eigenvalue weighted by molar-refractivity contribution is 0.0524. The molecule has 0 fully saturated rings. The van der Waals surface area contributed by atoms with Gasteiger partial charge in [-0.3, -0.25) is 0 Å². The fraction of sp³-hybridized carbons (Fsp3) is 0.500. The number of thiophene rings is 1. The van der Waals surface area contributed by atoms with Gasteiger partial charge in [-0.25, -0.2) is 4.79 Å². The fourth-order valence-corrected chi connectivity index (χ4v) is 2.72. The molecule has 5 heteroatoms. The van der Waals surface area contributed by atoms with Gasteiger partial charge in [-0.2, -0.15) is 0 Å². The summed E-state index contributed by atoms with van der Waals surface area (Å²) in [6.07, 6.45) is 0.747. The molecule has 0 aromatic carbocycles. The SMILES string of the molecule is CCOC(=O)c1c(N)sc2c1CCOC2. The van der Waals surface area contributed by atoms with Gasteiger partial charge in [0.25, 0.3) is 0 Å². The van der Waals surface area contributed by atoms with Crippen LogP contribution in [0, 0.1) is 0 Å². The number of nitrogens with two attached hydrogens (primary N) is 1. The van der Waals surface area contributed by atoms with Crippen LogP contribution >= 0.6 is 11.3 Å². The molecule has 2 N–H and O–H groups in total. The standard InChI is InChI=1S/C10H13NO3S/c1-2-14-10(12)8-6-3-4-13-5-7(6)15-9(8)11/h2-5,11H2,1H3. The number of hydrogen-bond acceptors (Lipinski definition) is 5. The van der Waals surface area contributed by atoms with Gasteiger partial charge in [0.1, 0.15) is 5.00 Å². The maximum absolute atomic E-state index is 11.7. The highest BCUT2D eigenvalue weighted by atomic mass is 32.1. The van der Waals surface area contributed by atoms with Crippen LogP contribution < -0.4 is 5.73 Å². The molecule has 0 atom stereocenters. The van der Waals surface area contributed by atoms with E-state index in [1.807, 2.05) is 0 Å². The Morgan fingerprint density at radius 3 is 3.20 bits per heavy atom. The zero-order valence-corrected chi connectivity index (χ0v) is 9.36. The summed E-state index contributed by atoms with van der Waals surface area (Å²) in [5.74, 6) is -0.311. The highest BCUT2D eigenvalue weighted by molar-refractivity contribution is 7.16. The maximum Gasteiger partial charge on any atom is 0.341 e. The predicted molar refractivity (Wildman–Crippen MR) is 58.0 cm³/mol. The number of anilines is 1. The monoisotopic (exact) mass is 227 g/mol. The topological polar surface area (TPSA) is 61.5 Å². The Hall–Kier alpha value is -1.07. The minimum Gasteiger partial charge on any atom is -0.462 e. The van der Waals surface area contributed by atoms with Crippen molar-refractivity contribution in [2.24, 2.45) is 0 Å². The van der Waals surface area contributed by atoms with E-state index in [-0.39, 0.29) is 5.97 Å². The maximum atomic E-state index is 11.7. The first-order valence-electron chi connectivity index (χ1n) is 4.89. The first-order chi connectivity index (χ1) is 7.24. The summed E-state index contributed by atoms with van der Waals surface area (Å²) >= 11 is 1.42. The van der Waals surface area contributed by atoms with E-state index in [4.69, 9.17) is 15.2 Å². The Bertz CT molecular complexity index is 386. The molecule has 0 saturated carbocycles. The zero-order chi connectivity index (χ0) is 10.8. The largest absolute Gasteiger partial charge is 0.462 e. The van der Waals surface area contributed by atoms with Gasteiger partial charge in [0.15, 0.2) is 0 Å². The van der Waals surface area contributed by atoms with E-state index in [9.17, 15) is 4.79 Å². The Kier molecular flexibility index (Phi) is 2.93. The second-order valence-corrected chi connectivity index (χ2v) is 4.40. The van der Waals surface area contributed by atoms with E-state index in [0.717, 1.165) is 16.9 Å². The van der Waals surface area contributed by atoms with Gasteiger partial charge in [0.05, 0.1) is 25.4 Å². The quantitative estimate of drug-likeness (QED) is 0.779. The van der Waals surface area contributed by atoms with Gasteiger partial charge in [-0.05, 0) is 18.9 Å². The molecule has 15 heavy (non-hydrogen) atoms. The minimum absolute atomic E-state index is 0.311. The van der Waals surface area contributed by atoms with Gasteiger partial charge in [0.2, 0.25) is 0 Å². The highest BCUT2D eigenvalue weighted by Crippen LogP contribution is 2.34. The molecule has 0 radical (unpaired) electrons. The second-order valence-electron chi connectivity index (χ2n) is 3.27. The third kappa shape index (κ3) is 1.85. The lowest BCUT2D eigenvalue weighted by Crippen LogP contribution is -2.13. The number of carbonyl (C=O) groups excluding carboxylic acids is 1. The number of fused-ring (bicyclic) bond motifs is 1. The lowest BCUT2D eigenvalue weighted by Gasteiger charge is -2.12. The van der Waals surface area contributed by atoms with Crippen molar-refractivity contribution in [1.82, 2.24) is 0 Å². The molecule has 0 spiro atoms. The number of hydrogen-bond donors (Lipinski definition) is 1. The van der Waals surface area contributed by atoms with Gasteiger partial charge < -0.3 is 15.2 Å². The van der Waals surface area contributed by atoms with Crippen LogP contribution in [0.25, 0.3) is 0 Å². The molecule has 0 aliphatic carbocycles. The molecule has 4 nitrogen and oxygen atoms in total. The second kappa shape index (κ2) is 4.20. The summed E-state index contributed by atoms with van der Waals surface area (Å²) in [7, 11) is 0. The summed E-state index contributed by atoms with van der Waals surface area (Å²) in [5.41, 5.74) is 7.39. The number of nitrogen functional groups attached to an aromatic ring is 1. The van der Waals surface area contributed by atoms with Crippen molar-refractivity contribution in [3.8, 4) is 0 Å². The molecule has 2 rings (SSSR count). The van der Waals surface area contributed by atoms with Crippen molar-refractivity contribution in [3.05, 3.63) is 16.0 Å². The van der Waals surface area contributed by atoms with Crippen LogP contribution in [0.1, 0.15) is 27.7 Å². The summed E-state index contributed by atoms with van der Waals surface area (Å²) in [6, 6.07) is 0. The Morgan fingerprint density at radius 1 is 1.67 bits per heavy atom. The van der Waals surface area contributed by atoms with Crippen LogP contribution in [0.5, 0.6) is 0 Å². The van der Waals surface area contributed by atoms with Crippen molar-refractivity contribution < 1.29 is 14.3 Å². The van der Waals surface area contributed by atoms with E-state index in [1.54, 1.807) is 6.92 Å². The van der Waals surface area contributed by atoms with Crippen molar-refractivity contribution >= 4 is 22.3 Å². The third-order valence-electron chi connectivity index (χ3n) is 2.33. The molecule has 1 aromatic rings. The van der Waals surface area contributed by atoms with Gasteiger partial charge in [-0.15, -0.1) is 11.3 Å². The molecule has 0 bridgehead atoms. The van der Waals surface area contributed by atoms with Crippen LogP contribution in [0.15, 0.2) is 0 Å². The van der Waals surface area contributed by atoms with Crippen LogP contribution in [0.3, 0.4) is 0 Å². The molecule has 2 heterocycles. The first-order valence-corrected chi connectivity index (χ1v) is 5.70. The summed E-state index contributed by atoms with van der Waals surface area (Å²) in [5, 5.41) is 0.545. The fourth-order valence-electron chi connectivity index (χ4n) is 1.68. The molecular weight excluding hydrogens is 214 g/mol. The van der Waals surface area contributed by atoms with Crippen LogP contribution in [-0.4, -0.2) is 19.2 Å². The smallest absolute Gasteiger partial charge is 0.341 e. The zero-order valence-electron chi connectivity index (χ0n) is 8.54. The third-order valence-corrected chi connectivity index (χ3v) is 3.36. The molecular formula is C10H13NO3S. The van der Waals surface area contributed by atoms with E-state index in [2.05, 4.69) is 0 Å². The van der Waals surface area contributed by atoms with Crippen LogP contribution in [0.4, 0.5) is 5.00 Å². The Labute approximate surface area is 92.0 Å². The normalized spacial score (nSPS) is 14.7. The summed E-state index contributed by atoms with van der Waals surface area (Å²) in [4.78, 5) is 12.7. The summed E-state index contributed by atoms with van der Waals surface area (Å²) in [6.45, 7) is 3.37. The van der Waals surface area contributed by atoms with Crippen LogP contribution in [0.2, 0.25) is 0 Å². The van der Waals surface area contributed by atoms with Crippen molar-refractivity contribution in [2.45, 2.75) is 20.0 Å². The van der Waals surface area contributed by atoms with Gasteiger partial charge >= 0.3 is 5.97 Å². The number of rotatable bonds is 2. The summed E-state index contributed by atoms with van der Waals surface area (Å²) < 4.78 is 10.3. The number of carbonyl (C=O) groups is 1. The van der Waals surface area contributed by atoms with E-state index in [1.165, 1.54) is 11.3 Å². The molecule has 0 amide bonds. The van der Waals surface area contributed by atoms with E-state index in [0.29, 0.717) is 30.4 Å². The van der Waals surface area contributed by atoms with Gasteiger partial charge in [0, 0.05) is 4.88 Å². The van der Waals surface area contributed by atoms with Crippen molar-refractivity contribution in [2.75, 3.05) is 18.9 Å². The molecule has 82 valence electrons.